The number of pyridine rings is 1. The fourth-order valence-electron chi connectivity index (χ4n) is 2.13. The zero-order chi connectivity index (χ0) is 13.2. The summed E-state index contributed by atoms with van der Waals surface area (Å²) in [6, 6.07) is 11.2. The van der Waals surface area contributed by atoms with Gasteiger partial charge in [-0.15, -0.1) is 0 Å². The van der Waals surface area contributed by atoms with E-state index in [1.165, 1.54) is 0 Å². The number of benzene rings is 1. The van der Waals surface area contributed by atoms with Crippen molar-refractivity contribution in [3.05, 3.63) is 58.7 Å². The Hall–Kier alpha value is -2.56. The summed E-state index contributed by atoms with van der Waals surface area (Å²) in [6.45, 7) is 0.430. The van der Waals surface area contributed by atoms with Crippen LogP contribution in [0.1, 0.15) is 5.56 Å². The van der Waals surface area contributed by atoms with E-state index in [1.54, 1.807) is 16.8 Å². The van der Waals surface area contributed by atoms with Gasteiger partial charge < -0.3 is 9.73 Å². The molecule has 19 heavy (non-hydrogen) atoms. The third-order valence-corrected chi connectivity index (χ3v) is 3.03. The van der Waals surface area contributed by atoms with Crippen molar-refractivity contribution in [2.24, 2.45) is 0 Å². The number of para-hydroxylation sites is 2. The van der Waals surface area contributed by atoms with E-state index in [0.29, 0.717) is 12.1 Å². The number of aromatic nitrogens is 2. The fraction of sp³-hybridized carbons (Fsp3) is 0.143. The summed E-state index contributed by atoms with van der Waals surface area (Å²) in [4.78, 5) is 16.1. The van der Waals surface area contributed by atoms with Crippen molar-refractivity contribution >= 4 is 16.9 Å². The Kier molecular flexibility index (Phi) is 2.79. The molecule has 0 aliphatic rings. The maximum atomic E-state index is 11.9. The highest BCUT2D eigenvalue weighted by molar-refractivity contribution is 5.72. The topological polar surface area (TPSA) is 60.1 Å². The summed E-state index contributed by atoms with van der Waals surface area (Å²) in [6.07, 6.45) is 1.71. The second kappa shape index (κ2) is 4.61. The molecule has 2 aromatic heterocycles. The molecule has 0 aliphatic heterocycles. The summed E-state index contributed by atoms with van der Waals surface area (Å²) in [5.74, 6) is 0.409. The van der Waals surface area contributed by atoms with Gasteiger partial charge in [0.05, 0.1) is 12.1 Å². The third kappa shape index (κ3) is 1.99. The van der Waals surface area contributed by atoms with Crippen LogP contribution >= 0.6 is 0 Å². The minimum absolute atomic E-state index is 0.355. The Morgan fingerprint density at radius 2 is 2.11 bits per heavy atom. The highest BCUT2D eigenvalue weighted by atomic mass is 16.4. The molecule has 0 bridgehead atoms. The zero-order valence-electron chi connectivity index (χ0n) is 10.5. The van der Waals surface area contributed by atoms with E-state index in [2.05, 4.69) is 10.3 Å². The first-order chi connectivity index (χ1) is 9.29. The van der Waals surface area contributed by atoms with Crippen molar-refractivity contribution in [1.29, 1.82) is 0 Å². The van der Waals surface area contributed by atoms with E-state index in [-0.39, 0.29) is 5.76 Å². The number of rotatable bonds is 3. The quantitative estimate of drug-likeness (QED) is 0.778. The van der Waals surface area contributed by atoms with Gasteiger partial charge in [-0.05, 0) is 18.2 Å². The molecule has 0 saturated carbocycles. The Morgan fingerprint density at radius 3 is 2.95 bits per heavy atom. The molecular formula is C14H13N3O2. The number of hydrogen-bond acceptors (Lipinski definition) is 4. The van der Waals surface area contributed by atoms with Crippen LogP contribution in [-0.4, -0.2) is 16.6 Å². The number of fused-ring (bicyclic) bond motifs is 1. The zero-order valence-corrected chi connectivity index (χ0v) is 10.5. The average molecular weight is 255 g/mol. The Bertz CT molecular complexity index is 773. The van der Waals surface area contributed by atoms with Crippen molar-refractivity contribution in [3.8, 4) is 0 Å². The van der Waals surface area contributed by atoms with Crippen LogP contribution < -0.4 is 11.1 Å². The normalized spacial score (nSPS) is 10.8. The van der Waals surface area contributed by atoms with Crippen LogP contribution in [0.25, 0.3) is 11.1 Å². The van der Waals surface area contributed by atoms with E-state index in [9.17, 15) is 4.79 Å². The molecule has 5 heteroatoms. The van der Waals surface area contributed by atoms with E-state index in [0.717, 1.165) is 16.9 Å². The first kappa shape index (κ1) is 11.5. The van der Waals surface area contributed by atoms with Crippen molar-refractivity contribution in [3.63, 3.8) is 0 Å². The van der Waals surface area contributed by atoms with E-state index in [4.69, 9.17) is 4.42 Å². The molecule has 2 heterocycles. The summed E-state index contributed by atoms with van der Waals surface area (Å²) >= 11 is 0. The molecule has 3 rings (SSSR count). The molecule has 1 aromatic carbocycles. The van der Waals surface area contributed by atoms with Gasteiger partial charge in [-0.1, -0.05) is 18.2 Å². The number of hydrogen-bond donors (Lipinski definition) is 1. The molecule has 96 valence electrons. The SMILES string of the molecule is CNc1ncccc1Cn1c(=O)oc2ccccc21. The second-order valence-corrected chi connectivity index (χ2v) is 4.18. The predicted molar refractivity (Wildman–Crippen MR) is 73.4 cm³/mol. The Labute approximate surface area is 109 Å². The molecule has 0 saturated heterocycles. The van der Waals surface area contributed by atoms with Gasteiger partial charge in [0.2, 0.25) is 0 Å². The van der Waals surface area contributed by atoms with E-state index >= 15 is 0 Å². The lowest BCUT2D eigenvalue weighted by atomic mass is 10.2. The lowest BCUT2D eigenvalue weighted by Gasteiger charge is -2.07. The van der Waals surface area contributed by atoms with Crippen LogP contribution in [0.2, 0.25) is 0 Å². The van der Waals surface area contributed by atoms with Crippen molar-refractivity contribution in [2.45, 2.75) is 6.54 Å². The smallest absolute Gasteiger partial charge is 0.408 e. The molecule has 0 radical (unpaired) electrons. The molecule has 0 spiro atoms. The van der Waals surface area contributed by atoms with Gasteiger partial charge in [-0.3, -0.25) is 4.57 Å². The van der Waals surface area contributed by atoms with Gasteiger partial charge in [0.1, 0.15) is 5.82 Å². The van der Waals surface area contributed by atoms with E-state index < -0.39 is 0 Å². The summed E-state index contributed by atoms with van der Waals surface area (Å²) < 4.78 is 6.82. The van der Waals surface area contributed by atoms with Crippen LogP contribution in [0.4, 0.5) is 5.82 Å². The number of anilines is 1. The number of oxazole rings is 1. The molecule has 0 aliphatic carbocycles. The van der Waals surface area contributed by atoms with E-state index in [1.807, 2.05) is 37.4 Å². The highest BCUT2D eigenvalue weighted by Crippen LogP contribution is 2.16. The summed E-state index contributed by atoms with van der Waals surface area (Å²) in [5.41, 5.74) is 2.33. The van der Waals surface area contributed by atoms with Crippen LogP contribution in [0, 0.1) is 0 Å². The average Bonchev–Trinajstić information content (AvgIpc) is 2.76. The fourth-order valence-corrected chi connectivity index (χ4v) is 2.13. The monoisotopic (exact) mass is 255 g/mol. The summed E-state index contributed by atoms with van der Waals surface area (Å²) in [7, 11) is 1.81. The minimum Gasteiger partial charge on any atom is -0.408 e. The van der Waals surface area contributed by atoms with Crippen molar-refractivity contribution < 1.29 is 4.42 Å². The maximum Gasteiger partial charge on any atom is 0.420 e. The lowest BCUT2D eigenvalue weighted by Crippen LogP contribution is -2.16. The number of nitrogens with one attached hydrogen (secondary N) is 1. The maximum absolute atomic E-state index is 11.9. The van der Waals surface area contributed by atoms with Gasteiger partial charge in [-0.2, -0.15) is 0 Å². The van der Waals surface area contributed by atoms with Crippen LogP contribution in [-0.2, 0) is 6.54 Å². The molecule has 0 fully saturated rings. The van der Waals surface area contributed by atoms with Crippen LogP contribution in [0.15, 0.2) is 51.8 Å². The summed E-state index contributed by atoms with van der Waals surface area (Å²) in [5, 5.41) is 3.02. The molecule has 1 N–H and O–H groups in total. The molecular weight excluding hydrogens is 242 g/mol. The predicted octanol–water partition coefficient (Wildman–Crippen LogP) is 2.08. The third-order valence-electron chi connectivity index (χ3n) is 3.03. The first-order valence-corrected chi connectivity index (χ1v) is 5.99. The molecule has 0 amide bonds. The van der Waals surface area contributed by atoms with Gasteiger partial charge in [0.15, 0.2) is 5.58 Å². The second-order valence-electron chi connectivity index (χ2n) is 4.18. The standard InChI is InChI=1S/C14H13N3O2/c1-15-13-10(5-4-8-16-13)9-17-11-6-2-3-7-12(11)19-14(17)18/h2-8H,9H2,1H3,(H,15,16). The molecule has 0 atom stereocenters. The molecule has 3 aromatic rings. The van der Waals surface area contributed by atoms with Gasteiger partial charge in [0, 0.05) is 18.8 Å². The minimum atomic E-state index is -0.355. The lowest BCUT2D eigenvalue weighted by molar-refractivity contribution is 0.517. The Balaban J connectivity index is 2.11. The largest absolute Gasteiger partial charge is 0.420 e. The van der Waals surface area contributed by atoms with Crippen LogP contribution in [0.3, 0.4) is 0 Å². The van der Waals surface area contributed by atoms with Gasteiger partial charge in [0.25, 0.3) is 0 Å². The first-order valence-electron chi connectivity index (χ1n) is 5.99. The van der Waals surface area contributed by atoms with Gasteiger partial charge >= 0.3 is 5.76 Å². The van der Waals surface area contributed by atoms with Crippen LogP contribution in [0.5, 0.6) is 0 Å². The van der Waals surface area contributed by atoms with Gasteiger partial charge in [-0.25, -0.2) is 9.78 Å². The molecule has 0 unspecified atom stereocenters. The molecule has 5 nitrogen and oxygen atoms in total. The number of nitrogens with zero attached hydrogens (tertiary/aromatic N) is 2. The Morgan fingerprint density at radius 1 is 1.26 bits per heavy atom. The highest BCUT2D eigenvalue weighted by Gasteiger charge is 2.10. The van der Waals surface area contributed by atoms with Crippen molar-refractivity contribution in [2.75, 3.05) is 12.4 Å². The van der Waals surface area contributed by atoms with Crippen molar-refractivity contribution in [1.82, 2.24) is 9.55 Å².